The molecular formula is C34H51N. The lowest BCUT2D eigenvalue weighted by Crippen LogP contribution is -2.27. The lowest BCUT2D eigenvalue weighted by molar-refractivity contribution is 0.319. The van der Waals surface area contributed by atoms with E-state index in [2.05, 4.69) is 89.7 Å². The van der Waals surface area contributed by atoms with Gasteiger partial charge in [-0.05, 0) is 95.5 Å². The van der Waals surface area contributed by atoms with Crippen LogP contribution in [0.2, 0.25) is 0 Å². The van der Waals surface area contributed by atoms with Gasteiger partial charge in [0.2, 0.25) is 0 Å². The Kier molecular flexibility index (Phi) is 14.3. The molecule has 1 N–H and O–H groups in total. The molecule has 2 aromatic rings. The van der Waals surface area contributed by atoms with Gasteiger partial charge >= 0.3 is 0 Å². The predicted octanol–water partition coefficient (Wildman–Crippen LogP) is 10.5. The second kappa shape index (κ2) is 16.3. The second-order valence-electron chi connectivity index (χ2n) is 9.98. The highest BCUT2D eigenvalue weighted by atomic mass is 14.3. The highest BCUT2D eigenvalue weighted by molar-refractivity contribution is 5.87. The van der Waals surface area contributed by atoms with Crippen molar-refractivity contribution in [2.45, 2.75) is 105 Å². The smallest absolute Gasteiger partial charge is 0.00477 e. The molecular weight excluding hydrogens is 422 g/mol. The third-order valence-electron chi connectivity index (χ3n) is 7.37. The van der Waals surface area contributed by atoms with Crippen molar-refractivity contribution in [3.05, 3.63) is 82.9 Å². The van der Waals surface area contributed by atoms with E-state index in [1.807, 2.05) is 19.9 Å². The fourth-order valence-electron chi connectivity index (χ4n) is 4.50. The Balaban J connectivity index is 0.00000298. The second-order valence-corrected chi connectivity index (χ2v) is 9.98. The van der Waals surface area contributed by atoms with Crippen LogP contribution in [0.25, 0.3) is 11.6 Å². The molecule has 192 valence electrons. The predicted molar refractivity (Wildman–Crippen MR) is 160 cm³/mol. The van der Waals surface area contributed by atoms with Crippen LogP contribution in [0.4, 0.5) is 0 Å². The summed E-state index contributed by atoms with van der Waals surface area (Å²) < 4.78 is 0. The van der Waals surface area contributed by atoms with E-state index in [0.29, 0.717) is 5.92 Å². The maximum Gasteiger partial charge on any atom is -0.00477 e. The SMILES string of the molecule is C=C/C(=C\c1ccc(C(C)(C)C(C)CCCC=N)cc1CC)c1ccc(CCCCC)cc1.CC. The molecule has 0 amide bonds. The van der Waals surface area contributed by atoms with Crippen molar-refractivity contribution in [3.63, 3.8) is 0 Å². The summed E-state index contributed by atoms with van der Waals surface area (Å²) in [5.41, 5.74) is 8.04. The van der Waals surface area contributed by atoms with Crippen LogP contribution < -0.4 is 0 Å². The number of nitrogens with one attached hydrogen (secondary N) is 1. The van der Waals surface area contributed by atoms with Gasteiger partial charge in [-0.25, -0.2) is 0 Å². The Morgan fingerprint density at radius 2 is 1.69 bits per heavy atom. The first-order valence-electron chi connectivity index (χ1n) is 13.9. The summed E-state index contributed by atoms with van der Waals surface area (Å²) in [7, 11) is 0. The normalized spacial score (nSPS) is 12.5. The summed E-state index contributed by atoms with van der Waals surface area (Å²) in [6.45, 7) is 19.7. The summed E-state index contributed by atoms with van der Waals surface area (Å²) in [5.74, 6) is 0.572. The Morgan fingerprint density at radius 1 is 1.00 bits per heavy atom. The van der Waals surface area contributed by atoms with Gasteiger partial charge in [-0.2, -0.15) is 0 Å². The van der Waals surface area contributed by atoms with E-state index >= 15 is 0 Å². The van der Waals surface area contributed by atoms with E-state index in [-0.39, 0.29) is 5.41 Å². The largest absolute Gasteiger partial charge is 0.313 e. The lowest BCUT2D eigenvalue weighted by Gasteiger charge is -2.33. The van der Waals surface area contributed by atoms with Crippen LogP contribution in [0.5, 0.6) is 0 Å². The molecule has 0 heterocycles. The van der Waals surface area contributed by atoms with Gasteiger partial charge in [0.15, 0.2) is 0 Å². The van der Waals surface area contributed by atoms with E-state index < -0.39 is 0 Å². The highest BCUT2D eigenvalue weighted by Crippen LogP contribution is 2.36. The van der Waals surface area contributed by atoms with Crippen molar-refractivity contribution < 1.29 is 0 Å². The van der Waals surface area contributed by atoms with Crippen LogP contribution in [0.3, 0.4) is 0 Å². The molecule has 35 heavy (non-hydrogen) atoms. The number of allylic oxidation sites excluding steroid dienone is 2. The standard InChI is InChI=1S/C32H45N.C2H6/c1-7-10-11-15-26-16-18-29(19-17-26)27(8-2)23-30-20-21-31(24-28(30)9-3)32(5,6)25(4)14-12-13-22-33;1-2/h8,16-25,33H,2,7,9-15H2,1,3-6H3;1-2H3/b27-23+,33-22?;. The Hall–Kier alpha value is -2.41. The Bertz CT molecular complexity index is 914. The third kappa shape index (κ3) is 9.28. The van der Waals surface area contributed by atoms with E-state index in [0.717, 1.165) is 32.1 Å². The van der Waals surface area contributed by atoms with E-state index in [4.69, 9.17) is 5.41 Å². The molecule has 2 rings (SSSR count). The molecule has 0 saturated carbocycles. The molecule has 1 nitrogen and oxygen atoms in total. The monoisotopic (exact) mass is 473 g/mol. The zero-order valence-electron chi connectivity index (χ0n) is 23.7. The van der Waals surface area contributed by atoms with Gasteiger partial charge in [0.05, 0.1) is 0 Å². The first-order valence-corrected chi connectivity index (χ1v) is 13.9. The number of aryl methyl sites for hydroxylation is 2. The molecule has 0 bridgehead atoms. The average Bonchev–Trinajstić information content (AvgIpc) is 2.89. The maximum atomic E-state index is 7.28. The molecule has 1 atom stereocenters. The van der Waals surface area contributed by atoms with Gasteiger partial charge in [-0.15, -0.1) is 0 Å². The summed E-state index contributed by atoms with van der Waals surface area (Å²) >= 11 is 0. The first kappa shape index (κ1) is 30.6. The number of hydrogen-bond donors (Lipinski definition) is 1. The van der Waals surface area contributed by atoms with Crippen LogP contribution >= 0.6 is 0 Å². The molecule has 1 unspecified atom stereocenters. The number of unbranched alkanes of at least 4 members (excludes halogenated alkanes) is 3. The fourth-order valence-corrected chi connectivity index (χ4v) is 4.50. The summed E-state index contributed by atoms with van der Waals surface area (Å²) in [4.78, 5) is 0. The quantitative estimate of drug-likeness (QED) is 0.122. The van der Waals surface area contributed by atoms with Crippen LogP contribution in [-0.2, 0) is 18.3 Å². The topological polar surface area (TPSA) is 23.9 Å². The van der Waals surface area contributed by atoms with Gasteiger partial charge in [0, 0.05) is 0 Å². The molecule has 0 aromatic heterocycles. The van der Waals surface area contributed by atoms with Crippen molar-refractivity contribution >= 4 is 17.9 Å². The van der Waals surface area contributed by atoms with E-state index in [9.17, 15) is 0 Å². The Labute approximate surface area is 217 Å². The lowest BCUT2D eigenvalue weighted by atomic mass is 9.71. The van der Waals surface area contributed by atoms with Crippen molar-refractivity contribution in [3.8, 4) is 0 Å². The van der Waals surface area contributed by atoms with Crippen LogP contribution in [-0.4, -0.2) is 6.21 Å². The molecule has 0 aliphatic rings. The minimum Gasteiger partial charge on any atom is -0.313 e. The van der Waals surface area contributed by atoms with Crippen LogP contribution in [0, 0.1) is 11.3 Å². The van der Waals surface area contributed by atoms with Crippen molar-refractivity contribution in [2.75, 3.05) is 0 Å². The van der Waals surface area contributed by atoms with Crippen molar-refractivity contribution in [1.82, 2.24) is 0 Å². The fraction of sp³-hybridized carbons (Fsp3) is 0.500. The minimum atomic E-state index is 0.114. The molecule has 0 saturated heterocycles. The zero-order chi connectivity index (χ0) is 26.3. The third-order valence-corrected chi connectivity index (χ3v) is 7.37. The van der Waals surface area contributed by atoms with Gasteiger partial charge in [-0.1, -0.05) is 116 Å². The van der Waals surface area contributed by atoms with Gasteiger partial charge in [0.1, 0.15) is 0 Å². The van der Waals surface area contributed by atoms with Crippen LogP contribution in [0.1, 0.15) is 115 Å². The van der Waals surface area contributed by atoms with Gasteiger partial charge in [-0.3, -0.25) is 0 Å². The average molecular weight is 474 g/mol. The maximum absolute atomic E-state index is 7.28. The highest BCUT2D eigenvalue weighted by Gasteiger charge is 2.27. The molecule has 0 radical (unpaired) electrons. The summed E-state index contributed by atoms with van der Waals surface area (Å²) in [6, 6.07) is 16.1. The van der Waals surface area contributed by atoms with Gasteiger partial charge in [0.25, 0.3) is 0 Å². The molecule has 0 aliphatic carbocycles. The number of hydrogen-bond acceptors (Lipinski definition) is 1. The molecule has 1 heteroatoms. The molecule has 2 aromatic carbocycles. The van der Waals surface area contributed by atoms with Crippen molar-refractivity contribution in [2.24, 2.45) is 5.92 Å². The summed E-state index contributed by atoms with van der Waals surface area (Å²) in [5, 5.41) is 7.28. The molecule has 0 spiro atoms. The van der Waals surface area contributed by atoms with Crippen LogP contribution in [0.15, 0.2) is 55.1 Å². The molecule has 0 fully saturated rings. The van der Waals surface area contributed by atoms with E-state index in [1.165, 1.54) is 58.9 Å². The minimum absolute atomic E-state index is 0.114. The number of rotatable bonds is 14. The Morgan fingerprint density at radius 3 is 2.26 bits per heavy atom. The first-order chi connectivity index (χ1) is 16.9. The van der Waals surface area contributed by atoms with Crippen molar-refractivity contribution in [1.29, 1.82) is 5.41 Å². The summed E-state index contributed by atoms with van der Waals surface area (Å²) in [6.07, 6.45) is 14.9. The van der Waals surface area contributed by atoms with E-state index in [1.54, 1.807) is 0 Å². The van der Waals surface area contributed by atoms with Gasteiger partial charge < -0.3 is 5.41 Å². The zero-order valence-corrected chi connectivity index (χ0v) is 23.7. The molecule has 0 aliphatic heterocycles. The number of benzene rings is 2.